The van der Waals surface area contributed by atoms with Crippen molar-refractivity contribution in [3.8, 4) is 0 Å². The van der Waals surface area contributed by atoms with Crippen molar-refractivity contribution in [3.05, 3.63) is 0 Å². The molecule has 3 N–H and O–H groups in total. The van der Waals surface area contributed by atoms with Crippen molar-refractivity contribution < 1.29 is 0 Å². The number of hydrogen-bond donors (Lipinski definition) is 1. The van der Waals surface area contributed by atoms with E-state index in [0.29, 0.717) is 0 Å². The quantitative estimate of drug-likeness (QED) is 0.421. The lowest BCUT2D eigenvalue weighted by atomic mass is 10.8. The highest BCUT2D eigenvalue weighted by atomic mass is 15.0. The Morgan fingerprint density at radius 2 is 1.00 bits per heavy atom. The van der Waals surface area contributed by atoms with Crippen LogP contribution in [0.25, 0.3) is 0 Å². The van der Waals surface area contributed by atoms with Crippen molar-refractivity contribution >= 4 is 8.41 Å². The zero-order valence-corrected chi connectivity index (χ0v) is 4.73. The van der Waals surface area contributed by atoms with Crippen LogP contribution in [0.1, 0.15) is 0 Å². The highest BCUT2D eigenvalue weighted by Crippen LogP contribution is 1.47. The Morgan fingerprint density at radius 1 is 1.00 bits per heavy atom. The molecule has 0 fully saturated rings. The first-order valence-corrected chi connectivity index (χ1v) is 1.34. The van der Waals surface area contributed by atoms with Crippen LogP contribution in [0, 0.1) is 0 Å². The molecule has 0 aromatic heterocycles. The first-order chi connectivity index (χ1) is 1.73. The van der Waals surface area contributed by atoms with E-state index in [1.807, 2.05) is 26.0 Å². The van der Waals surface area contributed by atoms with Gasteiger partial charge in [0.25, 0.3) is 0 Å². The minimum atomic E-state index is 0. The average molecular weight is 87.0 g/mol. The maximum Gasteiger partial charge on any atom is 0 e. The van der Waals surface area contributed by atoms with E-state index < -0.39 is 0 Å². The first kappa shape index (κ1) is 16.7. The number of rotatable bonds is 0. The van der Waals surface area contributed by atoms with Gasteiger partial charge in [-0.1, -0.05) is 0 Å². The van der Waals surface area contributed by atoms with E-state index in [2.05, 4.69) is 0 Å². The van der Waals surface area contributed by atoms with Gasteiger partial charge >= 0.3 is 0 Å². The third kappa shape index (κ3) is 156000. The van der Waals surface area contributed by atoms with Gasteiger partial charge in [0.05, 0.1) is 0 Å². The molecule has 0 saturated carbocycles. The van der Waals surface area contributed by atoms with Gasteiger partial charge in [0, 0.05) is 8.41 Å². The summed E-state index contributed by atoms with van der Waals surface area (Å²) in [6.45, 7) is 0. The summed E-state index contributed by atoms with van der Waals surface area (Å²) >= 11 is 0. The van der Waals surface area contributed by atoms with Gasteiger partial charge in [0.15, 0.2) is 0 Å². The third-order valence-corrected chi connectivity index (χ3v) is 0. The van der Waals surface area contributed by atoms with Crippen molar-refractivity contribution in [2.24, 2.45) is 0 Å². The summed E-state index contributed by atoms with van der Waals surface area (Å²) in [5.41, 5.74) is 0. The minimum Gasteiger partial charge on any atom is -0.344 e. The standard InChI is InChI=1S/C3H9N.B.H3N/c1-4(2)3;;/h1-3H3;;1H3. The van der Waals surface area contributed by atoms with Gasteiger partial charge in [-0.15, -0.1) is 0 Å². The van der Waals surface area contributed by atoms with Gasteiger partial charge in [-0.25, -0.2) is 0 Å². The maximum atomic E-state index is 2.00. The summed E-state index contributed by atoms with van der Waals surface area (Å²) in [4.78, 5) is 2.00. The fourth-order valence-electron chi connectivity index (χ4n) is 0. The molecule has 0 bridgehead atoms. The maximum absolute atomic E-state index is 2.00. The van der Waals surface area contributed by atoms with Crippen molar-refractivity contribution in [1.82, 2.24) is 11.1 Å². The fraction of sp³-hybridized carbons (Fsp3) is 1.00. The molecule has 0 heterocycles. The SMILES string of the molecule is CN(C)C.N.[B]. The smallest absolute Gasteiger partial charge is 0 e. The molecule has 0 aliphatic rings. The van der Waals surface area contributed by atoms with Crippen LogP contribution >= 0.6 is 0 Å². The molecule has 2 nitrogen and oxygen atoms in total. The van der Waals surface area contributed by atoms with E-state index in [1.54, 1.807) is 0 Å². The van der Waals surface area contributed by atoms with E-state index in [-0.39, 0.29) is 14.6 Å². The lowest BCUT2D eigenvalue weighted by Crippen LogP contribution is -1.99. The lowest BCUT2D eigenvalue weighted by molar-refractivity contribution is 0.505. The van der Waals surface area contributed by atoms with Gasteiger partial charge in [-0.05, 0) is 21.1 Å². The molecule has 0 aliphatic carbocycles. The number of hydrogen-bond acceptors (Lipinski definition) is 2. The highest BCUT2D eigenvalue weighted by Gasteiger charge is 1.58. The topological polar surface area (TPSA) is 38.2 Å². The first-order valence-electron chi connectivity index (χ1n) is 1.34. The Bertz CT molecular complexity index is 13.5. The Balaban J connectivity index is -0.0000000450. The van der Waals surface area contributed by atoms with Crippen molar-refractivity contribution in [2.75, 3.05) is 21.1 Å². The predicted molar refractivity (Wildman–Crippen MR) is 30.4 cm³/mol. The Hall–Kier alpha value is -0.0151. The molecule has 6 heavy (non-hydrogen) atoms. The van der Waals surface area contributed by atoms with Gasteiger partial charge in [0.1, 0.15) is 0 Å². The molecule has 0 spiro atoms. The van der Waals surface area contributed by atoms with Crippen LogP contribution in [-0.4, -0.2) is 34.5 Å². The molecule has 0 unspecified atom stereocenters. The molecule has 0 rings (SSSR count). The van der Waals surface area contributed by atoms with Crippen molar-refractivity contribution in [3.63, 3.8) is 0 Å². The van der Waals surface area contributed by atoms with Gasteiger partial charge < -0.3 is 11.1 Å². The molecule has 0 saturated heterocycles. The molecule has 0 aliphatic heterocycles. The van der Waals surface area contributed by atoms with Crippen LogP contribution < -0.4 is 6.15 Å². The van der Waals surface area contributed by atoms with E-state index in [1.165, 1.54) is 0 Å². The minimum absolute atomic E-state index is 0. The molecule has 0 atom stereocenters. The molecular formula is C3H12BN2. The molecule has 0 amide bonds. The molecule has 0 aromatic rings. The Morgan fingerprint density at radius 3 is 1.00 bits per heavy atom. The monoisotopic (exact) mass is 87.1 g/mol. The van der Waals surface area contributed by atoms with Gasteiger partial charge in [-0.3, -0.25) is 0 Å². The van der Waals surface area contributed by atoms with Crippen molar-refractivity contribution in [2.45, 2.75) is 0 Å². The number of nitrogens with zero attached hydrogens (tertiary/aromatic N) is 1. The van der Waals surface area contributed by atoms with E-state index >= 15 is 0 Å². The molecule has 3 radical (unpaired) electrons. The normalized spacial score (nSPS) is 6.00. The summed E-state index contributed by atoms with van der Waals surface area (Å²) in [7, 11) is 6.00. The second-order valence-corrected chi connectivity index (χ2v) is 1.34. The molecule has 0 aromatic carbocycles. The average Bonchev–Trinajstić information content (AvgIpc) is 0.811. The molecule has 3 heteroatoms. The zero-order valence-electron chi connectivity index (χ0n) is 4.73. The van der Waals surface area contributed by atoms with Crippen LogP contribution in [0.15, 0.2) is 0 Å². The van der Waals surface area contributed by atoms with E-state index in [0.717, 1.165) is 0 Å². The fourth-order valence-corrected chi connectivity index (χ4v) is 0. The summed E-state index contributed by atoms with van der Waals surface area (Å²) in [6.07, 6.45) is 0. The third-order valence-electron chi connectivity index (χ3n) is 0. The van der Waals surface area contributed by atoms with Crippen LogP contribution in [-0.2, 0) is 0 Å². The summed E-state index contributed by atoms with van der Waals surface area (Å²) < 4.78 is 0. The second kappa shape index (κ2) is 8.88. The van der Waals surface area contributed by atoms with Gasteiger partial charge in [-0.2, -0.15) is 0 Å². The largest absolute Gasteiger partial charge is 0.344 e. The highest BCUT2D eigenvalue weighted by molar-refractivity contribution is 5.75. The van der Waals surface area contributed by atoms with Crippen molar-refractivity contribution in [1.29, 1.82) is 0 Å². The summed E-state index contributed by atoms with van der Waals surface area (Å²) in [5, 5.41) is 0. The lowest BCUT2D eigenvalue weighted by Gasteiger charge is -1.90. The molecule has 37 valence electrons. The van der Waals surface area contributed by atoms with E-state index in [9.17, 15) is 0 Å². The summed E-state index contributed by atoms with van der Waals surface area (Å²) in [6, 6.07) is 0. The van der Waals surface area contributed by atoms with Crippen LogP contribution in [0.4, 0.5) is 0 Å². The second-order valence-electron chi connectivity index (χ2n) is 1.34. The van der Waals surface area contributed by atoms with E-state index in [4.69, 9.17) is 0 Å². The Kier molecular flexibility index (Phi) is 24.7. The molecular weight excluding hydrogens is 74.9 g/mol. The van der Waals surface area contributed by atoms with Crippen LogP contribution in [0.5, 0.6) is 0 Å². The van der Waals surface area contributed by atoms with Crippen LogP contribution in [0.2, 0.25) is 0 Å². The zero-order chi connectivity index (χ0) is 3.58. The summed E-state index contributed by atoms with van der Waals surface area (Å²) in [5.74, 6) is 0. The predicted octanol–water partition coefficient (Wildman–Crippen LogP) is -0.0410. The Labute approximate surface area is 41.7 Å². The van der Waals surface area contributed by atoms with Crippen LogP contribution in [0.3, 0.4) is 0 Å². The van der Waals surface area contributed by atoms with Gasteiger partial charge in [0.2, 0.25) is 0 Å².